The van der Waals surface area contributed by atoms with Crippen molar-refractivity contribution in [3.63, 3.8) is 0 Å². The minimum absolute atomic E-state index is 0.667. The van der Waals surface area contributed by atoms with Crippen LogP contribution in [0.4, 0.5) is 0 Å². The van der Waals surface area contributed by atoms with Crippen molar-refractivity contribution in [2.24, 2.45) is 0 Å². The number of hydrogen-bond donors (Lipinski definition) is 8. The Balaban J connectivity index is 2.11. The molecule has 0 radical (unpaired) electrons. The molecule has 0 aliphatic carbocycles. The zero-order chi connectivity index (χ0) is 17.3. The van der Waals surface area contributed by atoms with Crippen molar-refractivity contribution in [1.29, 1.82) is 0 Å². The highest BCUT2D eigenvalue weighted by molar-refractivity contribution is 4.93. The quantitative estimate of drug-likeness (QED) is 0.243. The lowest BCUT2D eigenvalue weighted by atomic mass is 9.97. The minimum Gasteiger partial charge on any atom is -0.394 e. The number of hydrogen-bond acceptors (Lipinski definition) is 11. The molecule has 2 saturated heterocycles. The van der Waals surface area contributed by atoms with E-state index in [2.05, 4.69) is 0 Å². The molecular formula is C12H22O11. The normalized spacial score (nSPS) is 51.7. The average molecular weight is 342 g/mol. The van der Waals surface area contributed by atoms with Crippen molar-refractivity contribution in [1.82, 2.24) is 0 Å². The van der Waals surface area contributed by atoms with Crippen molar-refractivity contribution in [3.8, 4) is 0 Å². The molecule has 136 valence electrons. The zero-order valence-corrected chi connectivity index (χ0v) is 12.0. The topological polar surface area (TPSA) is 190 Å². The van der Waals surface area contributed by atoms with Crippen LogP contribution in [0.2, 0.25) is 0 Å². The second-order valence-electron chi connectivity index (χ2n) is 5.53. The number of aliphatic hydroxyl groups is 8. The number of ether oxygens (including phenoxy) is 3. The molecule has 0 bridgehead atoms. The molecule has 0 amide bonds. The molecular weight excluding hydrogens is 320 g/mol. The Bertz CT molecular complexity index is 378. The highest BCUT2D eigenvalue weighted by atomic mass is 16.7. The average Bonchev–Trinajstić information content (AvgIpc) is 2.55. The minimum atomic E-state index is -1.74. The van der Waals surface area contributed by atoms with Crippen LogP contribution in [0.5, 0.6) is 0 Å². The Morgan fingerprint density at radius 2 is 1.26 bits per heavy atom. The van der Waals surface area contributed by atoms with Gasteiger partial charge in [0.2, 0.25) is 0 Å². The van der Waals surface area contributed by atoms with E-state index in [-0.39, 0.29) is 0 Å². The van der Waals surface area contributed by atoms with Gasteiger partial charge in [0.1, 0.15) is 48.8 Å². The zero-order valence-electron chi connectivity index (χ0n) is 12.0. The lowest BCUT2D eigenvalue weighted by molar-refractivity contribution is -0.355. The Morgan fingerprint density at radius 1 is 0.652 bits per heavy atom. The summed E-state index contributed by atoms with van der Waals surface area (Å²) in [7, 11) is 0. The van der Waals surface area contributed by atoms with Gasteiger partial charge < -0.3 is 55.1 Å². The van der Waals surface area contributed by atoms with Gasteiger partial charge in [-0.1, -0.05) is 0 Å². The van der Waals surface area contributed by atoms with E-state index >= 15 is 0 Å². The van der Waals surface area contributed by atoms with Crippen LogP contribution in [0.1, 0.15) is 0 Å². The molecule has 0 aromatic heterocycles. The molecule has 2 fully saturated rings. The maximum absolute atomic E-state index is 9.94. The van der Waals surface area contributed by atoms with Crippen LogP contribution in [0.25, 0.3) is 0 Å². The maximum Gasteiger partial charge on any atom is 0.187 e. The summed E-state index contributed by atoms with van der Waals surface area (Å²) in [4.78, 5) is 0. The Kier molecular flexibility index (Phi) is 6.27. The highest BCUT2D eigenvalue weighted by Gasteiger charge is 2.50. The molecule has 23 heavy (non-hydrogen) atoms. The van der Waals surface area contributed by atoms with Crippen LogP contribution in [0.15, 0.2) is 0 Å². The van der Waals surface area contributed by atoms with Crippen molar-refractivity contribution in [3.05, 3.63) is 0 Å². The first-order valence-electron chi connectivity index (χ1n) is 7.08. The summed E-state index contributed by atoms with van der Waals surface area (Å²) >= 11 is 0. The van der Waals surface area contributed by atoms with E-state index in [1.54, 1.807) is 0 Å². The first-order chi connectivity index (χ1) is 10.8. The summed E-state index contributed by atoms with van der Waals surface area (Å²) in [5.74, 6) is 0. The molecule has 0 spiro atoms. The van der Waals surface area contributed by atoms with Gasteiger partial charge in [0.25, 0.3) is 0 Å². The van der Waals surface area contributed by atoms with Gasteiger partial charge in [-0.2, -0.15) is 0 Å². The third-order valence-electron chi connectivity index (χ3n) is 3.98. The Hall–Kier alpha value is -0.440. The monoisotopic (exact) mass is 342 g/mol. The van der Waals surface area contributed by atoms with Crippen LogP contribution in [-0.4, -0.2) is 115 Å². The molecule has 11 heteroatoms. The van der Waals surface area contributed by atoms with Crippen LogP contribution >= 0.6 is 0 Å². The van der Waals surface area contributed by atoms with E-state index < -0.39 is 74.6 Å². The number of rotatable bonds is 4. The SMILES string of the molecule is OCC1O[C@@H](O[C@@H]2C(CO)O[C@@H](O)C(O)[C@H]2O)C(O)C(O)[C@H]1O. The second-order valence-corrected chi connectivity index (χ2v) is 5.53. The number of aliphatic hydroxyl groups excluding tert-OH is 8. The molecule has 11 nitrogen and oxygen atoms in total. The van der Waals surface area contributed by atoms with E-state index in [9.17, 15) is 35.7 Å². The summed E-state index contributed by atoms with van der Waals surface area (Å²) in [5, 5.41) is 76.5. The summed E-state index contributed by atoms with van der Waals surface area (Å²) in [6.45, 7) is -1.35. The first kappa shape index (κ1) is 18.9. The summed E-state index contributed by atoms with van der Waals surface area (Å²) in [6, 6.07) is 0. The van der Waals surface area contributed by atoms with Gasteiger partial charge in [0.05, 0.1) is 13.2 Å². The molecule has 0 saturated carbocycles. The van der Waals surface area contributed by atoms with Gasteiger partial charge >= 0.3 is 0 Å². The summed E-state index contributed by atoms with van der Waals surface area (Å²) < 4.78 is 15.3. The third kappa shape index (κ3) is 3.65. The molecule has 2 aliphatic rings. The molecule has 5 unspecified atom stereocenters. The Morgan fingerprint density at radius 3 is 1.83 bits per heavy atom. The standard InChI is InChI=1S/C12H22O11/c13-1-3-5(15)6(16)9(19)12(22-3)23-10-4(2-14)21-11(20)8(18)7(10)17/h3-20H,1-2H2/t3?,4?,5-,6?,7+,8?,9?,10+,11+,12-/m0/s1. The lowest BCUT2D eigenvalue weighted by Crippen LogP contribution is -2.64. The predicted octanol–water partition coefficient (Wildman–Crippen LogP) is -5.40. The molecule has 0 aromatic rings. The largest absolute Gasteiger partial charge is 0.394 e. The van der Waals surface area contributed by atoms with Gasteiger partial charge in [-0.15, -0.1) is 0 Å². The molecule has 10 atom stereocenters. The van der Waals surface area contributed by atoms with E-state index in [1.807, 2.05) is 0 Å². The fourth-order valence-electron chi connectivity index (χ4n) is 2.57. The fourth-order valence-corrected chi connectivity index (χ4v) is 2.57. The van der Waals surface area contributed by atoms with Gasteiger partial charge in [-0.3, -0.25) is 0 Å². The van der Waals surface area contributed by atoms with E-state index in [4.69, 9.17) is 19.3 Å². The van der Waals surface area contributed by atoms with Crippen molar-refractivity contribution in [2.45, 2.75) is 61.4 Å². The van der Waals surface area contributed by atoms with Crippen LogP contribution in [-0.2, 0) is 14.2 Å². The van der Waals surface area contributed by atoms with Crippen LogP contribution < -0.4 is 0 Å². The third-order valence-corrected chi connectivity index (χ3v) is 3.98. The van der Waals surface area contributed by atoms with Crippen molar-refractivity contribution < 1.29 is 55.1 Å². The summed E-state index contributed by atoms with van der Waals surface area (Å²) in [5.41, 5.74) is 0. The van der Waals surface area contributed by atoms with E-state index in [0.29, 0.717) is 0 Å². The van der Waals surface area contributed by atoms with Crippen LogP contribution in [0, 0.1) is 0 Å². The maximum atomic E-state index is 9.94. The van der Waals surface area contributed by atoms with Crippen molar-refractivity contribution in [2.75, 3.05) is 13.2 Å². The van der Waals surface area contributed by atoms with Gasteiger partial charge in [-0.05, 0) is 0 Å². The second kappa shape index (κ2) is 7.63. The molecule has 2 heterocycles. The molecule has 2 aliphatic heterocycles. The first-order valence-corrected chi connectivity index (χ1v) is 7.08. The lowest BCUT2D eigenvalue weighted by Gasteiger charge is -2.45. The smallest absolute Gasteiger partial charge is 0.187 e. The van der Waals surface area contributed by atoms with E-state index in [0.717, 1.165) is 0 Å². The van der Waals surface area contributed by atoms with E-state index in [1.165, 1.54) is 0 Å². The molecule has 2 rings (SSSR count). The summed E-state index contributed by atoms with van der Waals surface area (Å²) in [6.07, 6.45) is -15.6. The van der Waals surface area contributed by atoms with Crippen LogP contribution in [0.3, 0.4) is 0 Å². The van der Waals surface area contributed by atoms with Gasteiger partial charge in [0, 0.05) is 0 Å². The van der Waals surface area contributed by atoms with Crippen molar-refractivity contribution >= 4 is 0 Å². The molecule has 0 aromatic carbocycles. The highest BCUT2D eigenvalue weighted by Crippen LogP contribution is 2.28. The van der Waals surface area contributed by atoms with Gasteiger partial charge in [0.15, 0.2) is 12.6 Å². The Labute approximate surface area is 130 Å². The molecule has 8 N–H and O–H groups in total. The van der Waals surface area contributed by atoms with Gasteiger partial charge in [-0.25, -0.2) is 0 Å². The predicted molar refractivity (Wildman–Crippen MR) is 68.6 cm³/mol. The fraction of sp³-hybridized carbons (Fsp3) is 1.00.